The molecule has 0 radical (unpaired) electrons. The van der Waals surface area contributed by atoms with Gasteiger partial charge in [0.2, 0.25) is 5.91 Å². The molecule has 5 nitrogen and oxygen atoms in total. The fourth-order valence-electron chi connectivity index (χ4n) is 2.03. The zero-order chi connectivity index (χ0) is 12.8. The number of hydrogen-bond donors (Lipinski definition) is 1. The number of amides is 1. The molecule has 0 aromatic carbocycles. The highest BCUT2D eigenvalue weighted by molar-refractivity contribution is 5.83. The van der Waals surface area contributed by atoms with Crippen molar-refractivity contribution < 1.29 is 19.4 Å². The molecule has 0 aromatic heterocycles. The van der Waals surface area contributed by atoms with E-state index < -0.39 is 5.97 Å². The minimum Gasteiger partial charge on any atom is -0.480 e. The Kier molecular flexibility index (Phi) is 5.41. The molecule has 0 spiro atoms. The highest BCUT2D eigenvalue weighted by atomic mass is 16.5. The van der Waals surface area contributed by atoms with Gasteiger partial charge in [-0.2, -0.15) is 0 Å². The van der Waals surface area contributed by atoms with Crippen molar-refractivity contribution in [2.75, 3.05) is 26.3 Å². The molecular weight excluding hydrogens is 222 g/mol. The van der Waals surface area contributed by atoms with Crippen LogP contribution in [-0.4, -0.2) is 48.2 Å². The molecule has 0 bridgehead atoms. The van der Waals surface area contributed by atoms with E-state index in [2.05, 4.69) is 0 Å². The maximum Gasteiger partial charge on any atom is 0.323 e. The third kappa shape index (κ3) is 4.73. The van der Waals surface area contributed by atoms with Crippen molar-refractivity contribution in [1.82, 2.24) is 4.90 Å². The number of carboxylic acids is 1. The van der Waals surface area contributed by atoms with Gasteiger partial charge >= 0.3 is 5.97 Å². The summed E-state index contributed by atoms with van der Waals surface area (Å²) in [5.41, 5.74) is 0. The lowest BCUT2D eigenvalue weighted by Gasteiger charge is -2.29. The largest absolute Gasteiger partial charge is 0.480 e. The molecule has 98 valence electrons. The highest BCUT2D eigenvalue weighted by Gasteiger charge is 2.27. The normalized spacial score (nSPS) is 20.3. The standard InChI is InChI=1S/C12H21NO4/c1-9(2)6-13(7-11(14)15)12(16)10-4-3-5-17-8-10/h9-10H,3-8H2,1-2H3,(H,14,15). The predicted molar refractivity (Wildman–Crippen MR) is 62.6 cm³/mol. The number of aliphatic carboxylic acids is 1. The average molecular weight is 243 g/mol. The van der Waals surface area contributed by atoms with E-state index in [0.717, 1.165) is 12.8 Å². The van der Waals surface area contributed by atoms with Crippen LogP contribution in [0, 0.1) is 11.8 Å². The second-order valence-corrected chi connectivity index (χ2v) is 4.92. The van der Waals surface area contributed by atoms with Gasteiger partial charge in [0.1, 0.15) is 6.54 Å². The number of carbonyl (C=O) groups is 2. The van der Waals surface area contributed by atoms with Crippen LogP contribution < -0.4 is 0 Å². The Balaban J connectivity index is 2.60. The van der Waals surface area contributed by atoms with Gasteiger partial charge in [-0.05, 0) is 18.8 Å². The smallest absolute Gasteiger partial charge is 0.323 e. The Hall–Kier alpha value is -1.10. The number of rotatable bonds is 5. The minimum atomic E-state index is -0.962. The van der Waals surface area contributed by atoms with Crippen molar-refractivity contribution in [3.8, 4) is 0 Å². The maximum atomic E-state index is 12.2. The van der Waals surface area contributed by atoms with E-state index in [-0.39, 0.29) is 24.3 Å². The van der Waals surface area contributed by atoms with Gasteiger partial charge in [0, 0.05) is 13.2 Å². The van der Waals surface area contributed by atoms with Crippen LogP contribution >= 0.6 is 0 Å². The Bertz CT molecular complexity index is 272. The van der Waals surface area contributed by atoms with Crippen molar-refractivity contribution in [2.45, 2.75) is 26.7 Å². The van der Waals surface area contributed by atoms with Crippen molar-refractivity contribution >= 4 is 11.9 Å². The Morgan fingerprint density at radius 2 is 2.18 bits per heavy atom. The molecular formula is C12H21NO4. The van der Waals surface area contributed by atoms with Gasteiger partial charge in [0.05, 0.1) is 12.5 Å². The summed E-state index contributed by atoms with van der Waals surface area (Å²) >= 11 is 0. The number of carbonyl (C=O) groups excluding carboxylic acids is 1. The molecule has 1 unspecified atom stereocenters. The Morgan fingerprint density at radius 1 is 1.47 bits per heavy atom. The zero-order valence-corrected chi connectivity index (χ0v) is 10.5. The van der Waals surface area contributed by atoms with Crippen LogP contribution in [0.1, 0.15) is 26.7 Å². The van der Waals surface area contributed by atoms with Crippen LogP contribution in [-0.2, 0) is 14.3 Å². The summed E-state index contributed by atoms with van der Waals surface area (Å²) in [6.07, 6.45) is 1.67. The van der Waals surface area contributed by atoms with Gasteiger partial charge in [0.25, 0.3) is 0 Å². The molecule has 0 aromatic rings. The molecule has 1 N–H and O–H groups in total. The van der Waals surface area contributed by atoms with E-state index in [1.165, 1.54) is 4.90 Å². The topological polar surface area (TPSA) is 66.8 Å². The van der Waals surface area contributed by atoms with Crippen molar-refractivity contribution in [2.24, 2.45) is 11.8 Å². The van der Waals surface area contributed by atoms with Crippen molar-refractivity contribution in [3.63, 3.8) is 0 Å². The molecule has 0 saturated carbocycles. The second kappa shape index (κ2) is 6.59. The van der Waals surface area contributed by atoms with Crippen LogP contribution in [0.15, 0.2) is 0 Å². The summed E-state index contributed by atoms with van der Waals surface area (Å²) in [4.78, 5) is 24.3. The molecule has 1 aliphatic rings. The first-order valence-electron chi connectivity index (χ1n) is 6.09. The third-order valence-corrected chi connectivity index (χ3v) is 2.73. The van der Waals surface area contributed by atoms with Gasteiger partial charge in [-0.15, -0.1) is 0 Å². The monoisotopic (exact) mass is 243 g/mol. The molecule has 5 heteroatoms. The fraction of sp³-hybridized carbons (Fsp3) is 0.833. The summed E-state index contributed by atoms with van der Waals surface area (Å²) < 4.78 is 5.27. The lowest BCUT2D eigenvalue weighted by Crippen LogP contribution is -2.43. The molecule has 17 heavy (non-hydrogen) atoms. The Labute approximate surface area is 102 Å². The van der Waals surface area contributed by atoms with Gasteiger partial charge in [-0.3, -0.25) is 9.59 Å². The summed E-state index contributed by atoms with van der Waals surface area (Å²) in [6, 6.07) is 0. The molecule has 0 aliphatic carbocycles. The highest BCUT2D eigenvalue weighted by Crippen LogP contribution is 2.17. The first-order chi connectivity index (χ1) is 8.00. The van der Waals surface area contributed by atoms with Crippen LogP contribution in [0.2, 0.25) is 0 Å². The number of ether oxygens (including phenoxy) is 1. The number of nitrogens with zero attached hydrogens (tertiary/aromatic N) is 1. The summed E-state index contributed by atoms with van der Waals surface area (Å²) in [7, 11) is 0. The first kappa shape index (κ1) is 14.0. The van der Waals surface area contributed by atoms with Crippen molar-refractivity contribution in [1.29, 1.82) is 0 Å². The van der Waals surface area contributed by atoms with Gasteiger partial charge in [0.15, 0.2) is 0 Å². The molecule has 1 heterocycles. The van der Waals surface area contributed by atoms with Gasteiger partial charge in [-0.25, -0.2) is 0 Å². The van der Waals surface area contributed by atoms with E-state index in [9.17, 15) is 9.59 Å². The SMILES string of the molecule is CC(C)CN(CC(=O)O)C(=O)C1CCCOC1. The third-order valence-electron chi connectivity index (χ3n) is 2.73. The lowest BCUT2D eigenvalue weighted by atomic mass is 10.00. The van der Waals surface area contributed by atoms with Crippen LogP contribution in [0.3, 0.4) is 0 Å². The predicted octanol–water partition coefficient (Wildman–Crippen LogP) is 0.982. The number of hydrogen-bond acceptors (Lipinski definition) is 3. The van der Waals surface area contributed by atoms with E-state index in [4.69, 9.17) is 9.84 Å². The molecule has 1 rings (SSSR count). The molecule has 1 aliphatic heterocycles. The summed E-state index contributed by atoms with van der Waals surface area (Å²) in [5, 5.41) is 8.82. The molecule has 1 fully saturated rings. The quantitative estimate of drug-likeness (QED) is 0.781. The zero-order valence-electron chi connectivity index (χ0n) is 10.5. The first-order valence-corrected chi connectivity index (χ1v) is 6.09. The van der Waals surface area contributed by atoms with E-state index in [1.54, 1.807) is 0 Å². The summed E-state index contributed by atoms with van der Waals surface area (Å²) in [6.45, 7) is 5.34. The average Bonchev–Trinajstić information content (AvgIpc) is 2.27. The van der Waals surface area contributed by atoms with Crippen LogP contribution in [0.25, 0.3) is 0 Å². The molecule has 1 amide bonds. The van der Waals surface area contributed by atoms with Gasteiger partial charge in [-0.1, -0.05) is 13.8 Å². The molecule has 1 saturated heterocycles. The Morgan fingerprint density at radius 3 is 2.65 bits per heavy atom. The minimum absolute atomic E-state index is 0.0826. The summed E-state index contributed by atoms with van der Waals surface area (Å²) in [5.74, 6) is -0.943. The van der Waals surface area contributed by atoms with Crippen LogP contribution in [0.5, 0.6) is 0 Å². The fourth-order valence-corrected chi connectivity index (χ4v) is 2.03. The second-order valence-electron chi connectivity index (χ2n) is 4.92. The van der Waals surface area contributed by atoms with E-state index >= 15 is 0 Å². The van der Waals surface area contributed by atoms with Crippen LogP contribution in [0.4, 0.5) is 0 Å². The van der Waals surface area contributed by atoms with E-state index in [1.807, 2.05) is 13.8 Å². The van der Waals surface area contributed by atoms with E-state index in [0.29, 0.717) is 19.8 Å². The molecule has 1 atom stereocenters. The number of carboxylic acid groups (broad SMARTS) is 1. The lowest BCUT2D eigenvalue weighted by molar-refractivity contribution is -0.149. The maximum absolute atomic E-state index is 12.2. The van der Waals surface area contributed by atoms with Gasteiger partial charge < -0.3 is 14.7 Å². The van der Waals surface area contributed by atoms with Crippen molar-refractivity contribution in [3.05, 3.63) is 0 Å².